The van der Waals surface area contributed by atoms with Gasteiger partial charge in [0.05, 0.1) is 47.2 Å². The van der Waals surface area contributed by atoms with Crippen LogP contribution in [0.3, 0.4) is 0 Å². The van der Waals surface area contributed by atoms with Crippen LogP contribution >= 0.6 is 0 Å². The molecule has 5 heterocycles. The van der Waals surface area contributed by atoms with E-state index in [1.165, 1.54) is 28.8 Å². The van der Waals surface area contributed by atoms with Gasteiger partial charge in [-0.05, 0) is 85.9 Å². The SMILES string of the molecule is CC[C@@]1(O)C(=O)OCc2c1cc1n(c2=O)Cc2c-1nc1cc(F)c(C)c3c1c2[C@@H](NC(=O)COCNC(=O)CNC(=O)CNC(=O)OCc1ccc(O[C@@H]2O[C@H](C(=O)O)[C@@H](O)[C@H](O)[C@H]2O)c(C(=O)NCCNC(=O)COC2C#CCCCCC2)c1)CC3. The second-order valence-electron chi connectivity index (χ2n) is 21.3. The van der Waals surface area contributed by atoms with Crippen LogP contribution in [-0.2, 0) is 84.2 Å². The van der Waals surface area contributed by atoms with Crippen molar-refractivity contribution in [3.8, 4) is 29.0 Å². The zero-order valence-corrected chi connectivity index (χ0v) is 47.3. The molecule has 0 spiro atoms. The lowest BCUT2D eigenvalue weighted by Crippen LogP contribution is -2.61. The van der Waals surface area contributed by atoms with E-state index < -0.39 is 134 Å². The van der Waals surface area contributed by atoms with Crippen molar-refractivity contribution in [2.45, 2.75) is 133 Å². The number of halogens is 1. The van der Waals surface area contributed by atoms with Crippen molar-refractivity contribution >= 4 is 58.5 Å². The smallest absolute Gasteiger partial charge is 0.407 e. The van der Waals surface area contributed by atoms with E-state index in [0.29, 0.717) is 58.3 Å². The quantitative estimate of drug-likeness (QED) is 0.0175. The van der Waals surface area contributed by atoms with Crippen LogP contribution in [0, 0.1) is 24.6 Å². The Balaban J connectivity index is 0.735. The van der Waals surface area contributed by atoms with Crippen LogP contribution in [0.2, 0.25) is 0 Å². The number of aryl methyl sites for hydroxylation is 1. The molecule has 0 radical (unpaired) electrons. The molecule has 87 heavy (non-hydrogen) atoms. The molecule has 6 amide bonds. The Morgan fingerprint density at radius 3 is 2.41 bits per heavy atom. The van der Waals surface area contributed by atoms with Crippen molar-refractivity contribution in [3.63, 3.8) is 0 Å². The Bertz CT molecular complexity index is 3530. The number of hydrogen-bond acceptors (Lipinski definition) is 20. The van der Waals surface area contributed by atoms with Crippen LogP contribution in [0.1, 0.15) is 107 Å². The third-order valence-electron chi connectivity index (χ3n) is 15.6. The standard InChI is InChI=1S/C58H65FN8O20/c1-3-58(81)35-18-39-47-33(22-67(39)53(76)34(35)24-84-56(58)79)46-37(13-12-31-28(2)36(59)19-38(66-47)45(31)46)65-44(71)25-82-27-64-42(69)20-62-41(68)21-63-57(80)85-23-29-11-14-40(86-55-50(74)48(72)49(73)51(87-55)54(77)78)32(17-29)52(75)61-16-15-60-43(70)26-83-30-9-7-5-4-6-8-10-30/h11,14,17-19,30,37,48-51,55,72-74,81H,3-7,9,12-13,15-16,20-27H2,1-2H3,(H,60,70)(H,61,75)(H,62,68)(H,63,80)(H,64,69)(H,65,71)(H,77,78)/t30?,37-,48-,49-,50+,51-,55+,58-/m0/s1. The molecule has 5 aliphatic rings. The molecule has 11 N–H and O–H groups in total. The van der Waals surface area contributed by atoms with Gasteiger partial charge in [-0.15, -0.1) is 5.92 Å². The molecule has 0 bridgehead atoms. The fourth-order valence-corrected chi connectivity index (χ4v) is 10.9. The zero-order valence-electron chi connectivity index (χ0n) is 47.3. The van der Waals surface area contributed by atoms with E-state index in [9.17, 15) is 68.7 Å². The number of ether oxygens (including phenoxy) is 6. The van der Waals surface area contributed by atoms with E-state index in [1.54, 1.807) is 19.9 Å². The molecular formula is C58H65FN8O20. The molecule has 1 saturated heterocycles. The number of aliphatic hydroxyl groups is 4. The molecular weight excluding hydrogens is 1150 g/mol. The summed E-state index contributed by atoms with van der Waals surface area (Å²) in [5, 5.41) is 67.6. The van der Waals surface area contributed by atoms with Gasteiger partial charge in [-0.3, -0.25) is 28.8 Å². The highest BCUT2D eigenvalue weighted by Gasteiger charge is 2.49. The number of cyclic esters (lactones) is 1. The Kier molecular flexibility index (Phi) is 19.8. The Morgan fingerprint density at radius 2 is 1.63 bits per heavy atom. The third kappa shape index (κ3) is 14.0. The number of carboxylic acids is 1. The third-order valence-corrected chi connectivity index (χ3v) is 15.6. The monoisotopic (exact) mass is 1210 g/mol. The second kappa shape index (κ2) is 27.4. The summed E-state index contributed by atoms with van der Waals surface area (Å²) in [6, 6.07) is 5.93. The van der Waals surface area contributed by atoms with Gasteiger partial charge in [0.25, 0.3) is 11.5 Å². The minimum Gasteiger partial charge on any atom is -0.479 e. The van der Waals surface area contributed by atoms with Gasteiger partial charge in [0.2, 0.25) is 29.9 Å². The first-order chi connectivity index (χ1) is 41.7. The number of nitrogens with zero attached hydrogens (tertiary/aromatic N) is 2. The molecule has 2 aromatic heterocycles. The summed E-state index contributed by atoms with van der Waals surface area (Å²) in [5.41, 5.74) is 0.847. The number of aliphatic carboxylic acids is 1. The Labute approximate surface area is 494 Å². The highest BCUT2D eigenvalue weighted by atomic mass is 19.1. The van der Waals surface area contributed by atoms with Crippen LogP contribution in [0.4, 0.5) is 9.18 Å². The predicted octanol–water partition coefficient (Wildman–Crippen LogP) is -0.767. The highest BCUT2D eigenvalue weighted by molar-refractivity contribution is 5.97. The minimum atomic E-state index is -2.07. The number of hydrogen-bond donors (Lipinski definition) is 11. The van der Waals surface area contributed by atoms with E-state index >= 15 is 4.39 Å². The number of esters is 1. The summed E-state index contributed by atoms with van der Waals surface area (Å²) in [6.07, 6.45) is -6.38. The predicted molar refractivity (Wildman–Crippen MR) is 296 cm³/mol. The van der Waals surface area contributed by atoms with Crippen LogP contribution in [0.5, 0.6) is 5.75 Å². The lowest BCUT2D eigenvalue weighted by atomic mass is 9.81. The number of aliphatic hydroxyl groups excluding tert-OH is 3. The molecule has 8 atom stereocenters. The number of pyridine rings is 2. The van der Waals surface area contributed by atoms with Gasteiger partial charge in [0.1, 0.15) is 75.7 Å². The normalized spacial score (nSPS) is 22.5. The van der Waals surface area contributed by atoms with E-state index in [2.05, 4.69) is 43.7 Å². The molecule has 9 rings (SSSR count). The van der Waals surface area contributed by atoms with E-state index in [-0.39, 0.29) is 78.9 Å². The first-order valence-electron chi connectivity index (χ1n) is 28.2. The number of fused-ring (bicyclic) bond motifs is 5. The molecule has 1 unspecified atom stereocenters. The van der Waals surface area contributed by atoms with Gasteiger partial charge >= 0.3 is 18.0 Å². The van der Waals surface area contributed by atoms with Gasteiger partial charge < -0.3 is 90.4 Å². The molecule has 4 aromatic rings. The number of nitrogens with one attached hydrogen (secondary N) is 6. The van der Waals surface area contributed by atoms with Gasteiger partial charge in [-0.1, -0.05) is 25.3 Å². The maximum Gasteiger partial charge on any atom is 0.407 e. The molecule has 0 saturated carbocycles. The molecule has 29 heteroatoms. The average molecular weight is 1210 g/mol. The molecule has 1 fully saturated rings. The lowest BCUT2D eigenvalue weighted by molar-refractivity contribution is -0.271. The van der Waals surface area contributed by atoms with Crippen LogP contribution < -0.4 is 42.2 Å². The molecule has 2 aromatic carbocycles. The zero-order chi connectivity index (χ0) is 62.3. The number of aromatic nitrogens is 2. The van der Waals surface area contributed by atoms with Crippen molar-refractivity contribution in [1.82, 2.24) is 41.5 Å². The summed E-state index contributed by atoms with van der Waals surface area (Å²) in [6.45, 7) is -0.189. The number of amides is 6. The van der Waals surface area contributed by atoms with Gasteiger partial charge in [0.15, 0.2) is 11.7 Å². The summed E-state index contributed by atoms with van der Waals surface area (Å²) < 4.78 is 49.2. The Morgan fingerprint density at radius 1 is 0.862 bits per heavy atom. The summed E-state index contributed by atoms with van der Waals surface area (Å²) in [7, 11) is 0. The van der Waals surface area contributed by atoms with Crippen molar-refractivity contribution in [2.75, 3.05) is 46.1 Å². The topological polar surface area (TPSA) is 400 Å². The average Bonchev–Trinajstić information content (AvgIpc) is 1.79. The fraction of sp³-hybridized carbons (Fsp3) is 0.483. The number of carbonyl (C=O) groups is 8. The number of carbonyl (C=O) groups excluding carboxylic acids is 7. The van der Waals surface area contributed by atoms with Crippen molar-refractivity contribution in [3.05, 3.63) is 91.0 Å². The molecule has 464 valence electrons. The maximum absolute atomic E-state index is 15.4. The van der Waals surface area contributed by atoms with Crippen molar-refractivity contribution in [1.29, 1.82) is 0 Å². The van der Waals surface area contributed by atoms with E-state index in [1.807, 2.05) is 0 Å². The van der Waals surface area contributed by atoms with Crippen LogP contribution in [-0.4, -0.2) is 166 Å². The maximum atomic E-state index is 15.4. The first kappa shape index (κ1) is 62.9. The summed E-state index contributed by atoms with van der Waals surface area (Å²) in [4.78, 5) is 121. The van der Waals surface area contributed by atoms with Crippen molar-refractivity contribution in [2.24, 2.45) is 0 Å². The molecule has 28 nitrogen and oxygen atoms in total. The summed E-state index contributed by atoms with van der Waals surface area (Å²) in [5.74, 6) is -0.703. The first-order valence-corrected chi connectivity index (χ1v) is 28.2. The second-order valence-corrected chi connectivity index (χ2v) is 21.3. The number of carboxylic acid groups (broad SMARTS) is 1. The van der Waals surface area contributed by atoms with Crippen LogP contribution in [0.15, 0.2) is 35.1 Å². The van der Waals surface area contributed by atoms with Crippen molar-refractivity contribution < 1.29 is 96.7 Å². The minimum absolute atomic E-state index is 0.0296. The van der Waals surface area contributed by atoms with Gasteiger partial charge in [0, 0.05) is 42.1 Å². The molecule has 2 aliphatic carbocycles. The van der Waals surface area contributed by atoms with E-state index in [4.69, 9.17) is 33.4 Å². The number of rotatable bonds is 22. The van der Waals surface area contributed by atoms with Gasteiger partial charge in [-0.2, -0.15) is 0 Å². The number of benzene rings is 2. The molecule has 3 aliphatic heterocycles. The lowest BCUT2D eigenvalue weighted by Gasteiger charge is -2.38. The Hall–Kier alpha value is -8.63. The largest absolute Gasteiger partial charge is 0.479 e. The van der Waals surface area contributed by atoms with E-state index in [0.717, 1.165) is 25.7 Å². The fourth-order valence-electron chi connectivity index (χ4n) is 10.9. The summed E-state index contributed by atoms with van der Waals surface area (Å²) >= 11 is 0. The highest BCUT2D eigenvalue weighted by Crippen LogP contribution is 2.46. The number of alkyl carbamates (subject to hydrolysis) is 1. The van der Waals surface area contributed by atoms with Crippen LogP contribution in [0.25, 0.3) is 22.3 Å². The van der Waals surface area contributed by atoms with Gasteiger partial charge in [-0.25, -0.2) is 23.8 Å².